The summed E-state index contributed by atoms with van der Waals surface area (Å²) >= 11 is 0. The maximum absolute atomic E-state index is 4.63. The molecule has 137 heavy (non-hydrogen) atoms. The molecule has 0 saturated heterocycles. The minimum absolute atomic E-state index is 0. The van der Waals surface area contributed by atoms with Crippen LogP contribution >= 0.6 is 0 Å². The van der Waals surface area contributed by atoms with Gasteiger partial charge in [-0.1, -0.05) is 458 Å². The molecule has 12 aromatic rings. The molecule has 29 heteroatoms. The second-order valence-electron chi connectivity index (χ2n) is 26.1. The maximum atomic E-state index is 4.63. The average Bonchev–Trinajstić information content (AvgIpc) is 1.15. The number of hydrogen-bond acceptors (Lipinski definition) is 29. The highest BCUT2D eigenvalue weighted by molar-refractivity contribution is 5.18. The van der Waals surface area contributed by atoms with Crippen molar-refractivity contribution in [2.75, 3.05) is 0 Å². The summed E-state index contributed by atoms with van der Waals surface area (Å²) < 4.78 is 22.5. The zero-order chi connectivity index (χ0) is 101. The number of hydrogen-bond donors (Lipinski definition) is 0. The predicted octanol–water partition coefficient (Wildman–Crippen LogP) is 35.8. The number of nitrogens with zero attached hydrogens (tertiary/aromatic N) is 24. The lowest BCUT2D eigenvalue weighted by molar-refractivity contribution is 0.290. The van der Waals surface area contributed by atoms with Gasteiger partial charge in [-0.3, -0.25) is 15.0 Å². The lowest BCUT2D eigenvalue weighted by Gasteiger charge is -2.01. The summed E-state index contributed by atoms with van der Waals surface area (Å²) in [5.41, 5.74) is 10.3. The first-order chi connectivity index (χ1) is 61.2. The van der Waals surface area contributed by atoms with Crippen LogP contribution in [0.3, 0.4) is 0 Å². The Balaban J connectivity index is -0.0000000512. The number of benzene rings is 1. The van der Waals surface area contributed by atoms with Crippen molar-refractivity contribution in [3.05, 3.63) is 229 Å². The van der Waals surface area contributed by atoms with Crippen molar-refractivity contribution >= 4 is 0 Å². The fraction of sp³-hybridized carbons (Fsp3) is 0.648. The van der Waals surface area contributed by atoms with E-state index in [2.05, 4.69) is 280 Å². The second-order valence-corrected chi connectivity index (χ2v) is 26.1. The molecule has 0 N–H and O–H groups in total. The van der Waals surface area contributed by atoms with Gasteiger partial charge in [-0.05, 0) is 103 Å². The summed E-state index contributed by atoms with van der Waals surface area (Å²) in [5, 5.41) is 64.3. The minimum atomic E-state index is 0. The van der Waals surface area contributed by atoms with Gasteiger partial charge in [0.2, 0.25) is 6.39 Å². The Morgan fingerprint density at radius 3 is 0.876 bits per heavy atom. The van der Waals surface area contributed by atoms with Gasteiger partial charge in [0.25, 0.3) is 0 Å². The quantitative estimate of drug-likeness (QED) is 0.110. The van der Waals surface area contributed by atoms with Crippen molar-refractivity contribution in [2.45, 2.75) is 478 Å². The molecule has 0 spiro atoms. The Hall–Kier alpha value is -10.7. The van der Waals surface area contributed by atoms with Crippen LogP contribution in [0.15, 0.2) is 183 Å². The molecule has 0 aliphatic carbocycles. The average molecular weight is 1940 g/mol. The van der Waals surface area contributed by atoms with Gasteiger partial charge in [-0.2, -0.15) is 20.3 Å². The van der Waals surface area contributed by atoms with E-state index in [1.165, 1.54) is 35.7 Å². The molecule has 804 valence electrons. The van der Waals surface area contributed by atoms with E-state index >= 15 is 0 Å². The molecule has 1 aromatic carbocycles. The molecule has 29 nitrogen and oxygen atoms in total. The Morgan fingerprint density at radius 2 is 0.650 bits per heavy atom. The Bertz CT molecular complexity index is 3060. The number of pyridine rings is 1. The molecule has 0 aliphatic heterocycles. The van der Waals surface area contributed by atoms with Gasteiger partial charge < -0.3 is 18.1 Å². The summed E-state index contributed by atoms with van der Waals surface area (Å²) in [6.07, 6.45) is 28.3. The molecular weight excluding hydrogens is 1710 g/mol. The third kappa shape index (κ3) is 116. The van der Waals surface area contributed by atoms with E-state index in [-0.39, 0.29) is 74.3 Å². The highest BCUT2D eigenvalue weighted by Gasteiger charge is 2.06. The molecule has 12 rings (SSSR count). The monoisotopic (exact) mass is 1940 g/mol. The van der Waals surface area contributed by atoms with Gasteiger partial charge in [0.1, 0.15) is 37.1 Å². The fourth-order valence-electron chi connectivity index (χ4n) is 6.63. The lowest BCUT2D eigenvalue weighted by atomic mass is 10.0. The topological polar surface area (TPSA) is 375 Å². The number of rotatable bonds is 12. The Kier molecular flexibility index (Phi) is 190. The molecule has 11 heterocycles. The first-order valence-electron chi connectivity index (χ1n) is 46.4. The van der Waals surface area contributed by atoms with Crippen LogP contribution < -0.4 is 0 Å². The maximum Gasteiger partial charge on any atom is 0.213 e. The van der Waals surface area contributed by atoms with E-state index in [1.54, 1.807) is 74.6 Å². The van der Waals surface area contributed by atoms with Crippen molar-refractivity contribution in [2.24, 2.45) is 0 Å². The fourth-order valence-corrected chi connectivity index (χ4v) is 6.63. The van der Waals surface area contributed by atoms with E-state index < -0.39 is 0 Å². The van der Waals surface area contributed by atoms with E-state index in [4.69, 9.17) is 0 Å². The van der Waals surface area contributed by atoms with E-state index in [9.17, 15) is 0 Å². The van der Waals surface area contributed by atoms with Crippen LogP contribution in [-0.4, -0.2) is 122 Å². The molecule has 0 amide bonds. The molecule has 0 bridgehead atoms. The summed E-state index contributed by atoms with van der Waals surface area (Å²) in [7, 11) is 0. The van der Waals surface area contributed by atoms with Gasteiger partial charge in [-0.25, -0.2) is 14.6 Å². The van der Waals surface area contributed by atoms with Crippen LogP contribution in [0.2, 0.25) is 0 Å². The van der Waals surface area contributed by atoms with E-state index in [0.29, 0.717) is 76.8 Å². The first kappa shape index (κ1) is 182. The van der Waals surface area contributed by atoms with Crippen LogP contribution in [0.1, 0.15) is 546 Å². The molecule has 0 fully saturated rings. The van der Waals surface area contributed by atoms with Gasteiger partial charge in [-0.15, -0.1) is 30.6 Å². The Labute approximate surface area is 846 Å². The highest BCUT2D eigenvalue weighted by Crippen LogP contribution is 2.16. The molecule has 0 radical (unpaired) electrons. The smallest absolute Gasteiger partial charge is 0.213 e. The van der Waals surface area contributed by atoms with E-state index in [0.717, 1.165) is 45.6 Å². The zero-order valence-electron chi connectivity index (χ0n) is 88.7. The van der Waals surface area contributed by atoms with Gasteiger partial charge in [0.15, 0.2) is 17.5 Å². The zero-order valence-corrected chi connectivity index (χ0v) is 88.7. The van der Waals surface area contributed by atoms with Gasteiger partial charge in [0.05, 0.1) is 53.3 Å². The van der Waals surface area contributed by atoms with Crippen LogP contribution in [0.5, 0.6) is 0 Å². The first-order valence-corrected chi connectivity index (χ1v) is 46.4. The van der Waals surface area contributed by atoms with Crippen molar-refractivity contribution in [1.29, 1.82) is 0 Å². The van der Waals surface area contributed by atoms with Crippen LogP contribution in [0.4, 0.5) is 0 Å². The van der Waals surface area contributed by atoms with Crippen molar-refractivity contribution in [3.8, 4) is 0 Å². The summed E-state index contributed by atoms with van der Waals surface area (Å²) in [6.45, 7) is 98.0. The Morgan fingerprint density at radius 1 is 0.226 bits per heavy atom. The third-order valence-electron chi connectivity index (χ3n) is 13.4. The minimum Gasteiger partial charge on any atom is -0.365 e. The van der Waals surface area contributed by atoms with Gasteiger partial charge >= 0.3 is 0 Å². The SMILES string of the molecule is C.C.C.C.C.C.C.C.C.C.CC.CC.CC.CC.CC.CC.CC.CC.CC.CC.CC.CC.CC(C)c1ccccc1.CC(C)c1ccncc1.CC(C)c1ccnnc1.CC(C)c1ccon1.CC(C)c1cnccn1.CC(C)c1cnncn1.CC(C)c1cnnnc1.CC(C)c1cnoc1.CC(C)c1conn1.CC(C)c1ncnnn1.CC(C)c1ncon1.CC(C)c1nnon1. The molecule has 0 unspecified atom stereocenters. The summed E-state index contributed by atoms with van der Waals surface area (Å²) in [4.78, 5) is 23.7. The van der Waals surface area contributed by atoms with Crippen molar-refractivity contribution in [3.63, 3.8) is 0 Å². The molecule has 0 aliphatic rings. The third-order valence-corrected chi connectivity index (χ3v) is 13.4. The second kappa shape index (κ2) is 143. The predicted molar refractivity (Wildman–Crippen MR) is 598 cm³/mol. The van der Waals surface area contributed by atoms with Gasteiger partial charge in [0, 0.05) is 77.8 Å². The van der Waals surface area contributed by atoms with Crippen molar-refractivity contribution in [1.82, 2.24) is 122 Å². The highest BCUT2D eigenvalue weighted by atomic mass is 16.6. The molecule has 0 saturated carbocycles. The molecular formula is C108H222N24O5. The summed E-state index contributed by atoms with van der Waals surface area (Å²) in [5.74, 6) is 7.86. The molecule has 11 aromatic heterocycles. The normalized spacial score (nSPS) is 8.20. The van der Waals surface area contributed by atoms with Crippen LogP contribution in [0, 0.1) is 0 Å². The molecule has 0 atom stereocenters. The summed E-state index contributed by atoms with van der Waals surface area (Å²) in [6, 6.07) is 18.5. The van der Waals surface area contributed by atoms with Crippen molar-refractivity contribution < 1.29 is 22.7 Å². The largest absolute Gasteiger partial charge is 0.365 e. The van der Waals surface area contributed by atoms with E-state index in [1.807, 2.05) is 264 Å². The van der Waals surface area contributed by atoms with Crippen LogP contribution in [0.25, 0.3) is 0 Å². The number of aromatic nitrogens is 24. The lowest BCUT2D eigenvalue weighted by Crippen LogP contribution is -1.99. The standard InChI is InChI=1S/C9H12.C8H11N.2C7H10N2.2C6H9N3.2C6H9NO.C5H8N4.2C5H8N2O.C4H7N3O.12C2H6.10CH4/c1-8(2)9-6-4-3-5-7-9;1-7(2)8-3-5-9-6-4-8;1-6(2)7-5-8-3-4-9-7;1-6(2)7-3-4-8-9-5-7;1-5(2)6-3-8-9-4-7-6;1-5(2)6-3-7-9-8-4-6;1-5(2)6-3-7-8-4-6;1-5(2)6-3-4-8-7-6;1-4(2)5-6-3-7-9-8-5;1-4(2)5-6-3-8-7-5;1-4(2)5-3-8-7-6-5;1-3(2)4-5-7-8-6-4;12*1-2;;;;;;;;;;/h3-8H,1-2H3;3-7H,1-2H3;2*3-6H,1-2H3;2*3-5H,1-2H3;2*3-5H,1-2H3;3-4H,1-2H3;2*3-4H,1-2H3;3H,1-2H3;12*1-2H3;10*1H4. The van der Waals surface area contributed by atoms with Crippen LogP contribution in [-0.2, 0) is 0 Å².